The smallest absolute Gasteiger partial charge is 0.352 e. The molecule has 0 spiro atoms. The molecule has 0 unspecified atom stereocenters. The molecule has 2 fully saturated rings. The van der Waals surface area contributed by atoms with Crippen molar-refractivity contribution >= 4 is 36.0 Å². The number of para-hydroxylation sites is 1. The van der Waals surface area contributed by atoms with Gasteiger partial charge in [-0.15, -0.1) is 11.8 Å². The van der Waals surface area contributed by atoms with Crippen LogP contribution in [0.25, 0.3) is 0 Å². The topological polar surface area (TPSA) is 125 Å². The normalized spacial score (nSPS) is 27.9. The van der Waals surface area contributed by atoms with Gasteiger partial charge < -0.3 is 20.5 Å². The van der Waals surface area contributed by atoms with E-state index in [0.29, 0.717) is 5.75 Å². The number of fused-ring (bicyclic) bond motifs is 1. The number of nitrogens with zero attached hydrogens (tertiary/aromatic N) is 1. The van der Waals surface area contributed by atoms with Crippen LogP contribution in [-0.2, 0) is 19.2 Å². The average molecular weight is 393 g/mol. The highest BCUT2D eigenvalue weighted by Crippen LogP contribution is 2.55. The van der Waals surface area contributed by atoms with Crippen molar-refractivity contribution in [2.75, 3.05) is 6.61 Å². The minimum atomic E-state index is -1.87. The number of thioether (sulfide) groups is 1. The lowest BCUT2D eigenvalue weighted by molar-refractivity contribution is -0.175. The molecule has 3 N–H and O–H groups in total. The third kappa shape index (κ3) is 2.89. The number of nitrogens with one attached hydrogen (secondary N) is 2. The minimum absolute atomic E-state index is 0.270. The molecule has 1 aromatic rings. The van der Waals surface area contributed by atoms with E-state index in [1.54, 1.807) is 38.1 Å². The van der Waals surface area contributed by atoms with E-state index < -0.39 is 39.6 Å². The molecule has 2 aliphatic heterocycles. The Morgan fingerprint density at radius 3 is 2.59 bits per heavy atom. The van der Waals surface area contributed by atoms with E-state index in [9.17, 15) is 24.3 Å². The number of carbonyl (C=O) groups is 4. The molecule has 2 aliphatic rings. The van der Waals surface area contributed by atoms with Crippen LogP contribution in [0.5, 0.6) is 5.75 Å². The van der Waals surface area contributed by atoms with Gasteiger partial charge in [0.05, 0.1) is 4.75 Å². The predicted octanol–water partition coefficient (Wildman–Crippen LogP) is -0.229. The van der Waals surface area contributed by atoms with Crippen molar-refractivity contribution < 1.29 is 29.0 Å². The Morgan fingerprint density at radius 2 is 2.00 bits per heavy atom. The number of carboxylic acids is 1. The summed E-state index contributed by atoms with van der Waals surface area (Å²) in [6.07, 6.45) is 0.270. The fraction of sp³-hybridized carbons (Fsp3) is 0.412. The molecule has 0 aliphatic carbocycles. The highest BCUT2D eigenvalue weighted by atomic mass is 32.2. The Morgan fingerprint density at radius 1 is 1.33 bits per heavy atom. The van der Waals surface area contributed by atoms with Crippen LogP contribution in [0.15, 0.2) is 30.3 Å². The summed E-state index contributed by atoms with van der Waals surface area (Å²) in [5.74, 6) is -1.87. The largest absolute Gasteiger partial charge is 0.484 e. The summed E-state index contributed by atoms with van der Waals surface area (Å²) in [5, 5.41) is 14.0. The van der Waals surface area contributed by atoms with Crippen molar-refractivity contribution in [2.45, 2.75) is 35.7 Å². The summed E-state index contributed by atoms with van der Waals surface area (Å²) < 4.78 is 4.35. The van der Waals surface area contributed by atoms with Gasteiger partial charge in [0.1, 0.15) is 17.2 Å². The molecule has 9 nitrogen and oxygen atoms in total. The van der Waals surface area contributed by atoms with Crippen molar-refractivity contribution in [1.82, 2.24) is 15.5 Å². The maximum Gasteiger partial charge on any atom is 0.352 e. The third-order valence-corrected chi connectivity index (χ3v) is 6.31. The number of β-lactam (4-membered cyclic amide) rings is 1. The summed E-state index contributed by atoms with van der Waals surface area (Å²) in [6, 6.07) is 7.87. The van der Waals surface area contributed by atoms with Crippen LogP contribution in [0.4, 0.5) is 0 Å². The summed E-state index contributed by atoms with van der Waals surface area (Å²) in [6.45, 7) is 2.99. The molecule has 1 aromatic carbocycles. The third-order valence-electron chi connectivity index (χ3n) is 4.70. The lowest BCUT2D eigenvalue weighted by Gasteiger charge is -2.49. The molecule has 0 saturated carbocycles. The lowest BCUT2D eigenvalue weighted by Crippen LogP contribution is -2.79. The summed E-state index contributed by atoms with van der Waals surface area (Å²) >= 11 is 1.21. The number of amides is 3. The van der Waals surface area contributed by atoms with Crippen LogP contribution >= 0.6 is 11.8 Å². The van der Waals surface area contributed by atoms with Gasteiger partial charge in [-0.3, -0.25) is 19.3 Å². The minimum Gasteiger partial charge on any atom is -0.484 e. The van der Waals surface area contributed by atoms with Gasteiger partial charge in [-0.25, -0.2) is 4.79 Å². The molecule has 2 saturated heterocycles. The Kier molecular flexibility index (Phi) is 4.77. The SMILES string of the molecule is CC1(C)S[C@@H]2[C@@H](NC(=O)COc3ccccc3)C(=O)N2[C@@]1(NC=O)C(=O)O. The number of rotatable bonds is 7. The number of hydrogen-bond donors (Lipinski definition) is 3. The van der Waals surface area contributed by atoms with Crippen LogP contribution < -0.4 is 15.4 Å². The molecule has 0 aromatic heterocycles. The van der Waals surface area contributed by atoms with Gasteiger partial charge in [0.2, 0.25) is 12.1 Å². The van der Waals surface area contributed by atoms with Crippen molar-refractivity contribution in [3.05, 3.63) is 30.3 Å². The standard InChI is InChI=1S/C17H19N3O6S/c1-16(2)17(15(24)25,18-9-21)20-13(23)12(14(20)27-16)19-11(22)8-26-10-6-4-3-5-7-10/h3-7,9,12,14H,8H2,1-2H3,(H,18,21)(H,19,22)(H,24,25)/t12-,14+,17-/m0/s1. The predicted molar refractivity (Wildman–Crippen MR) is 95.7 cm³/mol. The molecule has 2 heterocycles. The van der Waals surface area contributed by atoms with Crippen LogP contribution in [0, 0.1) is 0 Å². The number of hydrogen-bond acceptors (Lipinski definition) is 6. The Hall–Kier alpha value is -2.75. The molecule has 0 radical (unpaired) electrons. The van der Waals surface area contributed by atoms with Crippen LogP contribution in [0.3, 0.4) is 0 Å². The molecule has 27 heavy (non-hydrogen) atoms. The van der Waals surface area contributed by atoms with Crippen molar-refractivity contribution in [3.8, 4) is 5.75 Å². The van der Waals surface area contributed by atoms with E-state index in [1.165, 1.54) is 11.8 Å². The van der Waals surface area contributed by atoms with Crippen LogP contribution in [0.2, 0.25) is 0 Å². The second-order valence-corrected chi connectivity index (χ2v) is 8.39. The van der Waals surface area contributed by atoms with E-state index in [2.05, 4.69) is 10.6 Å². The van der Waals surface area contributed by atoms with Crippen LogP contribution in [-0.4, -0.2) is 62.6 Å². The fourth-order valence-corrected chi connectivity index (χ4v) is 5.09. The molecule has 144 valence electrons. The summed E-state index contributed by atoms with van der Waals surface area (Å²) in [4.78, 5) is 48.7. The zero-order valence-electron chi connectivity index (χ0n) is 14.7. The zero-order valence-corrected chi connectivity index (χ0v) is 15.5. The highest BCUT2D eigenvalue weighted by molar-refractivity contribution is 8.01. The Balaban J connectivity index is 1.69. The van der Waals surface area contributed by atoms with Crippen molar-refractivity contribution in [2.24, 2.45) is 0 Å². The molecule has 0 bridgehead atoms. The second kappa shape index (κ2) is 6.76. The molecule has 10 heteroatoms. The van der Waals surface area contributed by atoms with Gasteiger partial charge in [-0.1, -0.05) is 18.2 Å². The van der Waals surface area contributed by atoms with Crippen molar-refractivity contribution in [1.29, 1.82) is 0 Å². The van der Waals surface area contributed by atoms with E-state index in [1.807, 2.05) is 6.07 Å². The van der Waals surface area contributed by atoms with Gasteiger partial charge in [0, 0.05) is 0 Å². The number of aliphatic carboxylic acids is 1. The first-order chi connectivity index (χ1) is 12.7. The zero-order chi connectivity index (χ0) is 19.8. The fourth-order valence-electron chi connectivity index (χ4n) is 3.38. The number of carboxylic acid groups (broad SMARTS) is 1. The van der Waals surface area contributed by atoms with Gasteiger partial charge in [0.25, 0.3) is 11.8 Å². The maximum absolute atomic E-state index is 12.6. The molecule has 3 atom stereocenters. The highest BCUT2D eigenvalue weighted by Gasteiger charge is 2.73. The first kappa shape index (κ1) is 19.0. The van der Waals surface area contributed by atoms with E-state index in [-0.39, 0.29) is 13.0 Å². The van der Waals surface area contributed by atoms with Gasteiger partial charge >= 0.3 is 5.97 Å². The quantitative estimate of drug-likeness (QED) is 0.432. The Labute approximate surface area is 159 Å². The summed E-state index contributed by atoms with van der Waals surface area (Å²) in [7, 11) is 0. The first-order valence-electron chi connectivity index (χ1n) is 8.17. The van der Waals surface area contributed by atoms with E-state index in [4.69, 9.17) is 4.74 Å². The first-order valence-corrected chi connectivity index (χ1v) is 9.05. The van der Waals surface area contributed by atoms with Gasteiger partial charge in [0.15, 0.2) is 6.61 Å². The lowest BCUT2D eigenvalue weighted by atomic mass is 9.88. The molecular weight excluding hydrogens is 374 g/mol. The van der Waals surface area contributed by atoms with Crippen LogP contribution in [0.1, 0.15) is 13.8 Å². The van der Waals surface area contributed by atoms with E-state index in [0.717, 1.165) is 4.90 Å². The summed E-state index contributed by atoms with van der Waals surface area (Å²) in [5.41, 5.74) is -1.87. The molecule has 3 amide bonds. The number of carbonyl (C=O) groups excluding carboxylic acids is 3. The molecular formula is C17H19N3O6S. The van der Waals surface area contributed by atoms with Gasteiger partial charge in [-0.05, 0) is 26.0 Å². The second-order valence-electron chi connectivity index (χ2n) is 6.65. The van der Waals surface area contributed by atoms with Gasteiger partial charge in [-0.2, -0.15) is 0 Å². The number of ether oxygens (including phenoxy) is 1. The van der Waals surface area contributed by atoms with Crippen molar-refractivity contribution in [3.63, 3.8) is 0 Å². The van der Waals surface area contributed by atoms with E-state index >= 15 is 0 Å². The Bertz CT molecular complexity index is 786. The monoisotopic (exact) mass is 393 g/mol. The maximum atomic E-state index is 12.6. The number of benzene rings is 1. The molecule has 3 rings (SSSR count). The average Bonchev–Trinajstić information content (AvgIpc) is 2.84.